The molecule has 114 valence electrons. The first-order valence-corrected chi connectivity index (χ1v) is 5.84. The van der Waals surface area contributed by atoms with E-state index in [2.05, 4.69) is 9.73 Å². The van der Waals surface area contributed by atoms with Gasteiger partial charge in [-0.2, -0.15) is 0 Å². The van der Waals surface area contributed by atoms with Gasteiger partial charge in [-0.25, -0.2) is 9.59 Å². The highest BCUT2D eigenvalue weighted by atomic mass is 16.6. The van der Waals surface area contributed by atoms with Crippen molar-refractivity contribution < 1.29 is 19.1 Å². The lowest BCUT2D eigenvalue weighted by molar-refractivity contribution is -0.162. The van der Waals surface area contributed by atoms with Crippen LogP contribution in [0.1, 0.15) is 19.3 Å². The van der Waals surface area contributed by atoms with Crippen molar-refractivity contribution in [2.24, 2.45) is 33.7 Å². The van der Waals surface area contributed by atoms with E-state index in [9.17, 15) is 14.4 Å². The molecule has 0 aliphatic carbocycles. The standard InChI is InChI=1S/C10H20N6O4/c11-5(2-1-3-16-10(14)15)8(18)20-9(19)6(12)4-7(13)17/h5-6H,1-4,11-12H2,(H2,13,17)(H4,14,15,16)/t5-,6?/m0/s1. The Labute approximate surface area is 115 Å². The topological polar surface area (TPSA) is 203 Å². The van der Waals surface area contributed by atoms with Gasteiger partial charge in [-0.05, 0) is 12.8 Å². The van der Waals surface area contributed by atoms with E-state index in [4.69, 9.17) is 28.7 Å². The number of primary amides is 1. The summed E-state index contributed by atoms with van der Waals surface area (Å²) in [4.78, 5) is 37.0. The van der Waals surface area contributed by atoms with Gasteiger partial charge in [-0.15, -0.1) is 0 Å². The number of nitrogens with two attached hydrogens (primary N) is 5. The molecule has 0 rings (SSSR count). The summed E-state index contributed by atoms with van der Waals surface area (Å²) in [5.74, 6) is -2.81. The molecule has 0 aliphatic heterocycles. The maximum absolute atomic E-state index is 11.4. The Morgan fingerprint density at radius 1 is 1.00 bits per heavy atom. The molecule has 0 spiro atoms. The first-order chi connectivity index (χ1) is 9.23. The quantitative estimate of drug-likeness (QED) is 0.0999. The average molecular weight is 288 g/mol. The van der Waals surface area contributed by atoms with Crippen LogP contribution in [0.2, 0.25) is 0 Å². The summed E-state index contributed by atoms with van der Waals surface area (Å²) in [6, 6.07) is -2.29. The maximum atomic E-state index is 11.4. The molecule has 0 aromatic rings. The zero-order valence-electron chi connectivity index (χ0n) is 11.0. The van der Waals surface area contributed by atoms with Gasteiger partial charge in [0.15, 0.2) is 5.96 Å². The summed E-state index contributed by atoms with van der Waals surface area (Å²) in [6.07, 6.45) is 0.259. The molecule has 10 N–H and O–H groups in total. The number of hydrogen-bond acceptors (Lipinski definition) is 7. The Hall–Kier alpha value is -2.20. The van der Waals surface area contributed by atoms with Crippen LogP contribution in [-0.4, -0.2) is 42.4 Å². The number of carbonyl (C=O) groups excluding carboxylic acids is 3. The van der Waals surface area contributed by atoms with Gasteiger partial charge in [0.05, 0.1) is 6.42 Å². The molecule has 0 saturated heterocycles. The minimum atomic E-state index is -1.29. The Morgan fingerprint density at radius 2 is 1.55 bits per heavy atom. The SMILES string of the molecule is NC(=O)CC(N)C(=O)OC(=O)[C@@H](N)CCCN=C(N)N. The lowest BCUT2D eigenvalue weighted by Gasteiger charge is -2.12. The number of carbonyl (C=O) groups is 3. The average Bonchev–Trinajstić information content (AvgIpc) is 2.32. The van der Waals surface area contributed by atoms with E-state index in [1.807, 2.05) is 0 Å². The van der Waals surface area contributed by atoms with E-state index < -0.39 is 36.4 Å². The summed E-state index contributed by atoms with van der Waals surface area (Å²) < 4.78 is 4.43. The molecule has 20 heavy (non-hydrogen) atoms. The first kappa shape index (κ1) is 17.8. The molecule has 0 radical (unpaired) electrons. The maximum Gasteiger partial charge on any atom is 0.331 e. The van der Waals surface area contributed by atoms with E-state index in [0.29, 0.717) is 13.0 Å². The highest BCUT2D eigenvalue weighted by Crippen LogP contribution is 2.00. The van der Waals surface area contributed by atoms with Gasteiger partial charge in [-0.1, -0.05) is 0 Å². The van der Waals surface area contributed by atoms with Crippen LogP contribution < -0.4 is 28.7 Å². The monoisotopic (exact) mass is 288 g/mol. The second-order valence-corrected chi connectivity index (χ2v) is 4.07. The Bertz CT molecular complexity index is 393. The molecular weight excluding hydrogens is 268 g/mol. The largest absolute Gasteiger partial charge is 0.391 e. The van der Waals surface area contributed by atoms with Crippen molar-refractivity contribution in [2.45, 2.75) is 31.3 Å². The summed E-state index contributed by atoms with van der Waals surface area (Å²) >= 11 is 0. The number of aliphatic imine (C=N–C) groups is 1. The van der Waals surface area contributed by atoms with Gasteiger partial charge in [0.2, 0.25) is 5.91 Å². The molecule has 1 unspecified atom stereocenters. The predicted octanol–water partition coefficient (Wildman–Crippen LogP) is -3.36. The predicted molar refractivity (Wildman–Crippen MR) is 70.8 cm³/mol. The van der Waals surface area contributed by atoms with Crippen LogP contribution in [0, 0.1) is 0 Å². The van der Waals surface area contributed by atoms with Crippen LogP contribution in [0.5, 0.6) is 0 Å². The van der Waals surface area contributed by atoms with Crippen LogP contribution in [0.25, 0.3) is 0 Å². The Morgan fingerprint density at radius 3 is 2.05 bits per heavy atom. The van der Waals surface area contributed by atoms with E-state index in [0.717, 1.165) is 0 Å². The highest BCUT2D eigenvalue weighted by molar-refractivity contribution is 5.92. The number of guanidine groups is 1. The molecule has 2 atom stereocenters. The molecule has 10 heteroatoms. The van der Waals surface area contributed by atoms with Crippen LogP contribution in [0.3, 0.4) is 0 Å². The van der Waals surface area contributed by atoms with Crippen LogP contribution >= 0.6 is 0 Å². The summed E-state index contributed by atoms with van der Waals surface area (Å²) in [5.41, 5.74) is 25.9. The summed E-state index contributed by atoms with van der Waals surface area (Å²) in [7, 11) is 0. The fraction of sp³-hybridized carbons (Fsp3) is 0.600. The Balaban J connectivity index is 4.09. The zero-order chi connectivity index (χ0) is 15.7. The van der Waals surface area contributed by atoms with Crippen molar-refractivity contribution in [3.63, 3.8) is 0 Å². The molecule has 0 fully saturated rings. The molecule has 1 amide bonds. The van der Waals surface area contributed by atoms with Crippen LogP contribution in [0.15, 0.2) is 4.99 Å². The molecule has 0 heterocycles. The third-order valence-corrected chi connectivity index (χ3v) is 2.20. The van der Waals surface area contributed by atoms with Crippen molar-refractivity contribution >= 4 is 23.8 Å². The lowest BCUT2D eigenvalue weighted by atomic mass is 10.1. The lowest BCUT2D eigenvalue weighted by Crippen LogP contribution is -2.41. The zero-order valence-corrected chi connectivity index (χ0v) is 11.0. The molecule has 0 aromatic heterocycles. The van der Waals surface area contributed by atoms with E-state index in [-0.39, 0.29) is 12.4 Å². The number of hydrogen-bond donors (Lipinski definition) is 5. The normalized spacial score (nSPS) is 13.1. The third-order valence-electron chi connectivity index (χ3n) is 2.20. The Kier molecular flexibility index (Phi) is 7.85. The number of ether oxygens (including phenoxy) is 1. The van der Waals surface area contributed by atoms with Crippen molar-refractivity contribution in [3.8, 4) is 0 Å². The van der Waals surface area contributed by atoms with E-state index >= 15 is 0 Å². The van der Waals surface area contributed by atoms with Crippen LogP contribution in [-0.2, 0) is 19.1 Å². The summed E-state index contributed by atoms with van der Waals surface area (Å²) in [5, 5.41) is 0. The molecule has 0 aromatic carbocycles. The first-order valence-electron chi connectivity index (χ1n) is 5.84. The molecule has 10 nitrogen and oxygen atoms in total. The number of esters is 2. The van der Waals surface area contributed by atoms with Gasteiger partial charge < -0.3 is 33.4 Å². The van der Waals surface area contributed by atoms with Gasteiger partial charge >= 0.3 is 11.9 Å². The fourth-order valence-corrected chi connectivity index (χ4v) is 1.19. The number of nitrogens with zero attached hydrogens (tertiary/aromatic N) is 1. The van der Waals surface area contributed by atoms with E-state index in [1.165, 1.54) is 0 Å². The third kappa shape index (κ3) is 8.00. The van der Waals surface area contributed by atoms with Crippen molar-refractivity contribution in [3.05, 3.63) is 0 Å². The molecule has 0 bridgehead atoms. The second-order valence-electron chi connectivity index (χ2n) is 4.07. The van der Waals surface area contributed by atoms with Crippen LogP contribution in [0.4, 0.5) is 0 Å². The van der Waals surface area contributed by atoms with Crippen molar-refractivity contribution in [1.82, 2.24) is 0 Å². The minimum Gasteiger partial charge on any atom is -0.391 e. The highest BCUT2D eigenvalue weighted by Gasteiger charge is 2.23. The molecule has 0 saturated carbocycles. The number of amides is 1. The second kappa shape index (κ2) is 8.82. The smallest absolute Gasteiger partial charge is 0.331 e. The number of rotatable bonds is 8. The van der Waals surface area contributed by atoms with Crippen molar-refractivity contribution in [1.29, 1.82) is 0 Å². The minimum absolute atomic E-state index is 0.0613. The van der Waals surface area contributed by atoms with Crippen molar-refractivity contribution in [2.75, 3.05) is 6.54 Å². The van der Waals surface area contributed by atoms with Gasteiger partial charge in [-0.3, -0.25) is 9.79 Å². The van der Waals surface area contributed by atoms with Gasteiger partial charge in [0.1, 0.15) is 12.1 Å². The molecular formula is C10H20N6O4. The fourth-order valence-electron chi connectivity index (χ4n) is 1.19. The van der Waals surface area contributed by atoms with Gasteiger partial charge in [0, 0.05) is 6.54 Å². The summed E-state index contributed by atoms with van der Waals surface area (Å²) in [6.45, 7) is 0.304. The van der Waals surface area contributed by atoms with E-state index in [1.54, 1.807) is 0 Å². The van der Waals surface area contributed by atoms with Gasteiger partial charge in [0.25, 0.3) is 0 Å². The molecule has 0 aliphatic rings.